The van der Waals surface area contributed by atoms with Gasteiger partial charge >= 0.3 is 5.97 Å². The summed E-state index contributed by atoms with van der Waals surface area (Å²) in [5.41, 5.74) is 2.54. The topological polar surface area (TPSA) is 29.5 Å². The fourth-order valence-corrected chi connectivity index (χ4v) is 3.79. The summed E-state index contributed by atoms with van der Waals surface area (Å²) in [5, 5.41) is 4.22. The van der Waals surface area contributed by atoms with Gasteiger partial charge in [0.05, 0.1) is 13.0 Å². The molecule has 110 valence electrons. The van der Waals surface area contributed by atoms with Crippen molar-refractivity contribution in [3.63, 3.8) is 0 Å². The molecule has 0 saturated carbocycles. The lowest BCUT2D eigenvalue weighted by Gasteiger charge is -2.15. The number of thiophene rings is 1. The Hall–Kier alpha value is -1.65. The van der Waals surface area contributed by atoms with Gasteiger partial charge in [0.25, 0.3) is 0 Å². The Morgan fingerprint density at radius 2 is 2.10 bits per heavy atom. The van der Waals surface area contributed by atoms with E-state index in [9.17, 15) is 4.79 Å². The summed E-state index contributed by atoms with van der Waals surface area (Å²) in [6, 6.07) is 12.5. The molecular weight excluding hydrogens is 282 g/mol. The van der Waals surface area contributed by atoms with Crippen molar-refractivity contribution in [1.82, 2.24) is 4.90 Å². The van der Waals surface area contributed by atoms with Crippen LogP contribution in [0.4, 0.5) is 0 Å². The number of ether oxygens (including phenoxy) is 1. The molecule has 0 N–H and O–H groups in total. The minimum atomic E-state index is -0.0956. The number of esters is 1. The summed E-state index contributed by atoms with van der Waals surface area (Å²) >= 11 is 1.68. The molecule has 0 aliphatic carbocycles. The maximum atomic E-state index is 12.1. The van der Waals surface area contributed by atoms with Gasteiger partial charge in [0.2, 0.25) is 0 Å². The van der Waals surface area contributed by atoms with E-state index in [1.807, 2.05) is 6.07 Å². The highest BCUT2D eigenvalue weighted by molar-refractivity contribution is 7.08. The summed E-state index contributed by atoms with van der Waals surface area (Å²) in [7, 11) is 1.48. The Bertz CT molecular complexity index is 582. The zero-order valence-electron chi connectivity index (χ0n) is 12.1. The molecule has 2 heterocycles. The highest BCUT2D eigenvalue weighted by Gasteiger charge is 2.39. The summed E-state index contributed by atoms with van der Waals surface area (Å²) < 4.78 is 5.00. The Balaban J connectivity index is 1.76. The smallest absolute Gasteiger partial charge is 0.310 e. The van der Waals surface area contributed by atoms with Gasteiger partial charge in [-0.05, 0) is 28.0 Å². The Labute approximate surface area is 129 Å². The van der Waals surface area contributed by atoms with Crippen molar-refractivity contribution >= 4 is 17.3 Å². The molecule has 4 heteroatoms. The van der Waals surface area contributed by atoms with Crippen molar-refractivity contribution in [2.24, 2.45) is 5.92 Å². The molecule has 1 saturated heterocycles. The average Bonchev–Trinajstić information content (AvgIpc) is 3.16. The van der Waals surface area contributed by atoms with Crippen LogP contribution >= 0.6 is 11.3 Å². The zero-order valence-corrected chi connectivity index (χ0v) is 12.9. The van der Waals surface area contributed by atoms with Crippen molar-refractivity contribution in [2.75, 3.05) is 20.2 Å². The van der Waals surface area contributed by atoms with Crippen molar-refractivity contribution in [1.29, 1.82) is 0 Å². The maximum Gasteiger partial charge on any atom is 0.310 e. The Morgan fingerprint density at radius 1 is 1.29 bits per heavy atom. The van der Waals surface area contributed by atoms with E-state index in [-0.39, 0.29) is 17.8 Å². The molecule has 0 spiro atoms. The van der Waals surface area contributed by atoms with E-state index in [2.05, 4.69) is 46.0 Å². The van der Waals surface area contributed by atoms with E-state index in [4.69, 9.17) is 4.74 Å². The summed E-state index contributed by atoms with van der Waals surface area (Å²) in [4.78, 5) is 14.4. The third kappa shape index (κ3) is 3.17. The lowest BCUT2D eigenvalue weighted by Crippen LogP contribution is -2.24. The van der Waals surface area contributed by atoms with Crippen LogP contribution in [0.2, 0.25) is 0 Å². The SMILES string of the molecule is COC(=O)[C@H]1CN(Cc2ccccc2)C[C@@H]1c1ccsc1. The van der Waals surface area contributed by atoms with Crippen LogP contribution in [0.25, 0.3) is 0 Å². The predicted octanol–water partition coefficient (Wildman–Crippen LogP) is 3.14. The average molecular weight is 301 g/mol. The molecule has 2 aromatic rings. The minimum absolute atomic E-state index is 0.0617. The van der Waals surface area contributed by atoms with Crippen molar-refractivity contribution < 1.29 is 9.53 Å². The molecule has 0 amide bonds. The van der Waals surface area contributed by atoms with Crippen LogP contribution in [0, 0.1) is 5.92 Å². The molecule has 0 radical (unpaired) electrons. The van der Waals surface area contributed by atoms with Crippen LogP contribution in [0.5, 0.6) is 0 Å². The number of carbonyl (C=O) groups is 1. The Kier molecular flexibility index (Phi) is 4.36. The van der Waals surface area contributed by atoms with Crippen LogP contribution in [0.15, 0.2) is 47.2 Å². The highest BCUT2D eigenvalue weighted by Crippen LogP contribution is 2.35. The Morgan fingerprint density at radius 3 is 2.76 bits per heavy atom. The van der Waals surface area contributed by atoms with Gasteiger partial charge in [-0.1, -0.05) is 30.3 Å². The molecule has 1 aliphatic rings. The number of hydrogen-bond donors (Lipinski definition) is 0. The number of carbonyl (C=O) groups excluding carboxylic acids is 1. The molecule has 1 aliphatic heterocycles. The minimum Gasteiger partial charge on any atom is -0.469 e. The molecule has 2 atom stereocenters. The van der Waals surface area contributed by atoms with Crippen molar-refractivity contribution in [2.45, 2.75) is 12.5 Å². The van der Waals surface area contributed by atoms with E-state index in [1.165, 1.54) is 18.2 Å². The number of hydrogen-bond acceptors (Lipinski definition) is 4. The van der Waals surface area contributed by atoms with Crippen LogP contribution in [0.3, 0.4) is 0 Å². The van der Waals surface area contributed by atoms with E-state index in [0.29, 0.717) is 0 Å². The van der Waals surface area contributed by atoms with Crippen molar-refractivity contribution in [3.05, 3.63) is 58.3 Å². The van der Waals surface area contributed by atoms with E-state index in [0.717, 1.165) is 19.6 Å². The second kappa shape index (κ2) is 6.41. The summed E-state index contributed by atoms with van der Waals surface area (Å²) in [5.74, 6) is 0.0856. The number of likely N-dealkylation sites (tertiary alicyclic amines) is 1. The van der Waals surface area contributed by atoms with E-state index >= 15 is 0 Å². The van der Waals surface area contributed by atoms with Crippen LogP contribution < -0.4 is 0 Å². The zero-order chi connectivity index (χ0) is 14.7. The lowest BCUT2D eigenvalue weighted by molar-refractivity contribution is -0.145. The maximum absolute atomic E-state index is 12.1. The largest absolute Gasteiger partial charge is 0.469 e. The van der Waals surface area contributed by atoms with Gasteiger partial charge in [-0.2, -0.15) is 11.3 Å². The second-order valence-corrected chi connectivity index (χ2v) is 6.25. The van der Waals surface area contributed by atoms with Crippen LogP contribution in [-0.2, 0) is 16.1 Å². The van der Waals surface area contributed by atoms with Gasteiger partial charge in [0, 0.05) is 25.6 Å². The van der Waals surface area contributed by atoms with E-state index < -0.39 is 0 Å². The molecule has 3 nitrogen and oxygen atoms in total. The fourth-order valence-electron chi connectivity index (χ4n) is 3.07. The lowest BCUT2D eigenvalue weighted by atomic mass is 9.91. The molecule has 1 aromatic heterocycles. The number of nitrogens with zero attached hydrogens (tertiary/aromatic N) is 1. The number of methoxy groups -OCH3 is 1. The molecule has 21 heavy (non-hydrogen) atoms. The van der Waals surface area contributed by atoms with Gasteiger partial charge in [-0.25, -0.2) is 0 Å². The standard InChI is InChI=1S/C17H19NO2S/c1-20-17(19)16-11-18(9-13-5-3-2-4-6-13)10-15(16)14-7-8-21-12-14/h2-8,12,15-16H,9-11H2,1H3/t15-,16+/m1/s1. The molecular formula is C17H19NO2S. The van der Waals surface area contributed by atoms with Crippen LogP contribution in [-0.4, -0.2) is 31.1 Å². The number of benzene rings is 1. The quantitative estimate of drug-likeness (QED) is 0.813. The van der Waals surface area contributed by atoms with Gasteiger partial charge in [-0.15, -0.1) is 0 Å². The van der Waals surface area contributed by atoms with Crippen LogP contribution in [0.1, 0.15) is 17.0 Å². The van der Waals surface area contributed by atoms with Gasteiger partial charge < -0.3 is 4.74 Å². The van der Waals surface area contributed by atoms with Gasteiger partial charge in [-0.3, -0.25) is 9.69 Å². The second-order valence-electron chi connectivity index (χ2n) is 5.47. The van der Waals surface area contributed by atoms with Gasteiger partial charge in [0.15, 0.2) is 0 Å². The highest BCUT2D eigenvalue weighted by atomic mass is 32.1. The first kappa shape index (κ1) is 14.3. The third-order valence-electron chi connectivity index (χ3n) is 4.12. The first-order chi connectivity index (χ1) is 10.3. The first-order valence-electron chi connectivity index (χ1n) is 7.14. The molecule has 3 rings (SSSR count). The molecule has 1 fully saturated rings. The summed E-state index contributed by atoms with van der Waals surface area (Å²) in [6.45, 7) is 2.56. The monoisotopic (exact) mass is 301 g/mol. The molecule has 1 aromatic carbocycles. The summed E-state index contributed by atoms with van der Waals surface area (Å²) in [6.07, 6.45) is 0. The normalized spacial score (nSPS) is 22.3. The fraction of sp³-hybridized carbons (Fsp3) is 0.353. The molecule has 0 unspecified atom stereocenters. The first-order valence-corrected chi connectivity index (χ1v) is 8.08. The van der Waals surface area contributed by atoms with Crippen molar-refractivity contribution in [3.8, 4) is 0 Å². The third-order valence-corrected chi connectivity index (χ3v) is 4.82. The van der Waals surface area contributed by atoms with E-state index in [1.54, 1.807) is 11.3 Å². The number of rotatable bonds is 4. The predicted molar refractivity (Wildman–Crippen MR) is 84.3 cm³/mol. The van der Waals surface area contributed by atoms with Gasteiger partial charge in [0.1, 0.15) is 0 Å². The molecule has 0 bridgehead atoms.